The van der Waals surface area contributed by atoms with Crippen LogP contribution in [-0.4, -0.2) is 23.0 Å². The highest BCUT2D eigenvalue weighted by Crippen LogP contribution is 2.30. The van der Waals surface area contributed by atoms with Gasteiger partial charge in [0, 0.05) is 11.8 Å². The number of thiazole rings is 1. The summed E-state index contributed by atoms with van der Waals surface area (Å²) in [5.74, 6) is 1.06. The van der Waals surface area contributed by atoms with Gasteiger partial charge >= 0.3 is 0 Å². The fourth-order valence-corrected chi connectivity index (χ4v) is 3.23. The van der Waals surface area contributed by atoms with Crippen molar-refractivity contribution in [2.45, 2.75) is 19.9 Å². The fourth-order valence-electron chi connectivity index (χ4n) is 1.79. The van der Waals surface area contributed by atoms with Gasteiger partial charge in [0.1, 0.15) is 0 Å². The summed E-state index contributed by atoms with van der Waals surface area (Å²) in [5, 5.41) is 4.51. The molecule has 3 nitrogen and oxygen atoms in total. The van der Waals surface area contributed by atoms with E-state index in [4.69, 9.17) is 5.73 Å². The molecule has 0 bridgehead atoms. The maximum Gasteiger partial charge on any atom is 0.0907 e. The van der Waals surface area contributed by atoms with E-state index in [1.807, 2.05) is 30.8 Å². The number of rotatable bonds is 4. The average Bonchev–Trinajstić information content (AvgIpc) is 2.58. The van der Waals surface area contributed by atoms with E-state index in [1.54, 1.807) is 11.3 Å². The van der Waals surface area contributed by atoms with Crippen LogP contribution in [0.2, 0.25) is 0 Å². The molecule has 0 spiro atoms. The van der Waals surface area contributed by atoms with Crippen LogP contribution in [0.4, 0.5) is 11.4 Å². The van der Waals surface area contributed by atoms with Crippen molar-refractivity contribution in [3.05, 3.63) is 17.1 Å². The summed E-state index contributed by atoms with van der Waals surface area (Å²) in [6, 6.07) is 4.46. The molecule has 5 heteroatoms. The second-order valence-electron chi connectivity index (χ2n) is 4.14. The molecule has 17 heavy (non-hydrogen) atoms. The Morgan fingerprint density at radius 1 is 1.53 bits per heavy atom. The van der Waals surface area contributed by atoms with Crippen LogP contribution in [0.5, 0.6) is 0 Å². The van der Waals surface area contributed by atoms with Gasteiger partial charge in [0.2, 0.25) is 0 Å². The Morgan fingerprint density at radius 2 is 2.29 bits per heavy atom. The summed E-state index contributed by atoms with van der Waals surface area (Å²) >= 11 is 3.51. The van der Waals surface area contributed by atoms with Gasteiger partial charge in [0.25, 0.3) is 0 Å². The zero-order valence-electron chi connectivity index (χ0n) is 10.3. The van der Waals surface area contributed by atoms with E-state index in [0.29, 0.717) is 6.04 Å². The molecule has 92 valence electrons. The maximum atomic E-state index is 6.05. The number of anilines is 2. The van der Waals surface area contributed by atoms with Gasteiger partial charge in [-0.05, 0) is 32.2 Å². The molecule has 3 N–H and O–H groups in total. The first-order valence-corrected chi connectivity index (χ1v) is 7.73. The van der Waals surface area contributed by atoms with Gasteiger partial charge < -0.3 is 11.1 Å². The van der Waals surface area contributed by atoms with Crippen LogP contribution in [0.15, 0.2) is 12.1 Å². The van der Waals surface area contributed by atoms with Crippen molar-refractivity contribution in [3.63, 3.8) is 0 Å². The topological polar surface area (TPSA) is 50.9 Å². The van der Waals surface area contributed by atoms with Crippen molar-refractivity contribution in [2.24, 2.45) is 0 Å². The van der Waals surface area contributed by atoms with Crippen LogP contribution in [0.3, 0.4) is 0 Å². The molecule has 0 aliphatic rings. The molecule has 2 rings (SSSR count). The zero-order valence-corrected chi connectivity index (χ0v) is 11.9. The Labute approximate surface area is 110 Å². The van der Waals surface area contributed by atoms with Crippen LogP contribution in [0.1, 0.15) is 11.9 Å². The molecule has 0 radical (unpaired) electrons. The Morgan fingerprint density at radius 3 is 3.00 bits per heavy atom. The number of nitrogens with two attached hydrogens (primary N) is 1. The minimum Gasteiger partial charge on any atom is -0.397 e. The molecule has 1 atom stereocenters. The number of nitrogens with zero attached hydrogens (tertiary/aromatic N) is 1. The molecule has 0 saturated carbocycles. The third-order valence-electron chi connectivity index (χ3n) is 2.49. The van der Waals surface area contributed by atoms with E-state index in [1.165, 1.54) is 0 Å². The molecule has 0 aliphatic heterocycles. The predicted molar refractivity (Wildman–Crippen MR) is 80.2 cm³/mol. The van der Waals surface area contributed by atoms with E-state index in [9.17, 15) is 0 Å². The van der Waals surface area contributed by atoms with Crippen molar-refractivity contribution in [3.8, 4) is 0 Å². The SMILES string of the molecule is CSCC(C)Nc1cc2nc(C)sc2cc1N. The first-order valence-electron chi connectivity index (χ1n) is 5.52. The monoisotopic (exact) mass is 267 g/mol. The maximum absolute atomic E-state index is 6.05. The van der Waals surface area contributed by atoms with Gasteiger partial charge in [-0.2, -0.15) is 11.8 Å². The predicted octanol–water partition coefficient (Wildman–Crippen LogP) is 3.35. The van der Waals surface area contributed by atoms with Gasteiger partial charge in [0.15, 0.2) is 0 Å². The van der Waals surface area contributed by atoms with Crippen LogP contribution >= 0.6 is 23.1 Å². The Balaban J connectivity index is 2.30. The highest BCUT2D eigenvalue weighted by atomic mass is 32.2. The quantitative estimate of drug-likeness (QED) is 0.834. The lowest BCUT2D eigenvalue weighted by molar-refractivity contribution is 0.915. The molecular weight excluding hydrogens is 250 g/mol. The number of thioether (sulfide) groups is 1. The smallest absolute Gasteiger partial charge is 0.0907 e. The zero-order chi connectivity index (χ0) is 12.4. The number of hydrogen-bond acceptors (Lipinski definition) is 5. The highest BCUT2D eigenvalue weighted by molar-refractivity contribution is 7.98. The van der Waals surface area contributed by atoms with Gasteiger partial charge in [-0.1, -0.05) is 0 Å². The standard InChI is InChI=1S/C12H17N3S2/c1-7(6-16-3)14-10-5-11-12(4-9(10)13)17-8(2)15-11/h4-5,7,14H,6,13H2,1-3H3. The second-order valence-corrected chi connectivity index (χ2v) is 6.29. The summed E-state index contributed by atoms with van der Waals surface area (Å²) in [6.07, 6.45) is 2.11. The van der Waals surface area contributed by atoms with Crippen LogP contribution < -0.4 is 11.1 Å². The summed E-state index contributed by atoms with van der Waals surface area (Å²) in [6.45, 7) is 4.18. The molecule has 1 aromatic heterocycles. The minimum absolute atomic E-state index is 0.407. The first-order chi connectivity index (χ1) is 8.10. The van der Waals surface area contributed by atoms with Crippen molar-refractivity contribution in [1.29, 1.82) is 0 Å². The number of nitrogen functional groups attached to an aromatic ring is 1. The summed E-state index contributed by atoms with van der Waals surface area (Å²) in [4.78, 5) is 4.49. The van der Waals surface area contributed by atoms with Crippen LogP contribution in [0, 0.1) is 6.92 Å². The summed E-state index contributed by atoms with van der Waals surface area (Å²) in [5.41, 5.74) is 8.87. The number of hydrogen-bond donors (Lipinski definition) is 2. The summed E-state index contributed by atoms with van der Waals surface area (Å²) in [7, 11) is 0. The number of fused-ring (bicyclic) bond motifs is 1. The molecular formula is C12H17N3S2. The highest BCUT2D eigenvalue weighted by Gasteiger charge is 2.08. The summed E-state index contributed by atoms with van der Waals surface area (Å²) < 4.78 is 1.16. The van der Waals surface area contributed by atoms with Crippen molar-refractivity contribution >= 4 is 44.7 Å². The molecule has 1 heterocycles. The Hall–Kier alpha value is -0.940. The van der Waals surface area contributed by atoms with E-state index in [0.717, 1.165) is 32.4 Å². The lowest BCUT2D eigenvalue weighted by atomic mass is 10.2. The van der Waals surface area contributed by atoms with Gasteiger partial charge in [-0.25, -0.2) is 4.98 Å². The molecule has 1 aromatic carbocycles. The van der Waals surface area contributed by atoms with E-state index in [2.05, 4.69) is 23.5 Å². The largest absolute Gasteiger partial charge is 0.397 e. The molecule has 0 saturated heterocycles. The van der Waals surface area contributed by atoms with E-state index < -0.39 is 0 Å². The number of aryl methyl sites for hydroxylation is 1. The Bertz CT molecular complexity index is 522. The van der Waals surface area contributed by atoms with Gasteiger partial charge in [-0.15, -0.1) is 11.3 Å². The lowest BCUT2D eigenvalue weighted by Gasteiger charge is -2.15. The second kappa shape index (κ2) is 5.14. The third kappa shape index (κ3) is 2.84. The average molecular weight is 267 g/mol. The van der Waals surface area contributed by atoms with E-state index in [-0.39, 0.29) is 0 Å². The van der Waals surface area contributed by atoms with Crippen LogP contribution in [0.25, 0.3) is 10.2 Å². The number of aromatic nitrogens is 1. The molecule has 0 fully saturated rings. The van der Waals surface area contributed by atoms with Crippen molar-refractivity contribution in [2.75, 3.05) is 23.1 Å². The fraction of sp³-hybridized carbons (Fsp3) is 0.417. The third-order valence-corrected chi connectivity index (χ3v) is 4.25. The number of benzene rings is 1. The first kappa shape index (κ1) is 12.5. The van der Waals surface area contributed by atoms with Gasteiger partial charge in [-0.3, -0.25) is 0 Å². The molecule has 0 aliphatic carbocycles. The van der Waals surface area contributed by atoms with Crippen molar-refractivity contribution in [1.82, 2.24) is 4.98 Å². The number of nitrogens with one attached hydrogen (secondary N) is 1. The lowest BCUT2D eigenvalue weighted by Crippen LogP contribution is -2.18. The van der Waals surface area contributed by atoms with Crippen molar-refractivity contribution < 1.29 is 0 Å². The van der Waals surface area contributed by atoms with Gasteiger partial charge in [0.05, 0.1) is 26.6 Å². The van der Waals surface area contributed by atoms with E-state index >= 15 is 0 Å². The minimum atomic E-state index is 0.407. The molecule has 1 unspecified atom stereocenters. The molecule has 0 amide bonds. The Kier molecular flexibility index (Phi) is 3.79. The molecule has 2 aromatic rings. The van der Waals surface area contributed by atoms with Crippen LogP contribution in [-0.2, 0) is 0 Å². The normalized spacial score (nSPS) is 12.9.